The topological polar surface area (TPSA) is 66.8 Å². The molecule has 0 bridgehead atoms. The van der Waals surface area contributed by atoms with Gasteiger partial charge < -0.3 is 9.79 Å². The Balaban J connectivity index is 0. The molecule has 0 aliphatic carbocycles. The van der Waals surface area contributed by atoms with Gasteiger partial charge in [0.1, 0.15) is 0 Å². The third-order valence-corrected chi connectivity index (χ3v) is 5.87. The molecule has 6 heteroatoms. The van der Waals surface area contributed by atoms with Crippen LogP contribution in [0.3, 0.4) is 0 Å². The second kappa shape index (κ2) is 23.4. The Morgan fingerprint density at radius 2 is 0.893 bits per heavy atom. The van der Waals surface area contributed by atoms with Gasteiger partial charge in [0.2, 0.25) is 0 Å². The normalized spacial score (nSPS) is 12.7. The SMILES string of the molecule is CCCCCCCCCCCCCCCC(CCCCCC)OP(=O)(O)O.[KH]. The first kappa shape index (κ1) is 31.9. The molecular weight excluding hydrogens is 398 g/mol. The van der Waals surface area contributed by atoms with Crippen molar-refractivity contribution in [3.05, 3.63) is 0 Å². The fourth-order valence-corrected chi connectivity index (χ4v) is 4.23. The van der Waals surface area contributed by atoms with Crippen molar-refractivity contribution >= 4 is 59.2 Å². The van der Waals surface area contributed by atoms with E-state index in [0.717, 1.165) is 38.5 Å². The van der Waals surface area contributed by atoms with Crippen LogP contribution in [-0.2, 0) is 9.09 Å². The Hall–Kier alpha value is 1.75. The van der Waals surface area contributed by atoms with Crippen LogP contribution in [0.25, 0.3) is 0 Å². The van der Waals surface area contributed by atoms with Crippen molar-refractivity contribution in [1.29, 1.82) is 0 Å². The van der Waals surface area contributed by atoms with E-state index in [9.17, 15) is 4.57 Å². The Bertz CT molecular complexity index is 349. The summed E-state index contributed by atoms with van der Waals surface area (Å²) >= 11 is 0. The number of unbranched alkanes of at least 4 members (excludes halogenated alkanes) is 15. The summed E-state index contributed by atoms with van der Waals surface area (Å²) in [6, 6.07) is 0. The molecule has 0 saturated carbocycles. The molecule has 1 atom stereocenters. The minimum atomic E-state index is -4.36. The molecule has 0 aliphatic rings. The van der Waals surface area contributed by atoms with Crippen LogP contribution in [-0.4, -0.2) is 67.3 Å². The van der Waals surface area contributed by atoms with Gasteiger partial charge in [-0.15, -0.1) is 0 Å². The number of rotatable bonds is 21. The average molecular weight is 447 g/mol. The maximum absolute atomic E-state index is 11.1. The van der Waals surface area contributed by atoms with E-state index < -0.39 is 7.82 Å². The van der Waals surface area contributed by atoms with E-state index in [4.69, 9.17) is 14.3 Å². The van der Waals surface area contributed by atoms with Crippen molar-refractivity contribution in [2.75, 3.05) is 0 Å². The van der Waals surface area contributed by atoms with Crippen LogP contribution in [0, 0.1) is 0 Å². The van der Waals surface area contributed by atoms with Gasteiger partial charge in [-0.3, -0.25) is 4.52 Å². The molecule has 0 aliphatic heterocycles. The Morgan fingerprint density at radius 3 is 1.21 bits per heavy atom. The van der Waals surface area contributed by atoms with Gasteiger partial charge >= 0.3 is 59.2 Å². The van der Waals surface area contributed by atoms with Gasteiger partial charge in [0.05, 0.1) is 6.10 Å². The number of hydrogen-bond acceptors (Lipinski definition) is 2. The van der Waals surface area contributed by atoms with Crippen molar-refractivity contribution in [3.8, 4) is 0 Å². The summed E-state index contributed by atoms with van der Waals surface area (Å²) in [4.78, 5) is 18.2. The van der Waals surface area contributed by atoms with Crippen LogP contribution in [0.2, 0.25) is 0 Å². The summed E-state index contributed by atoms with van der Waals surface area (Å²) in [5.41, 5.74) is 0. The summed E-state index contributed by atoms with van der Waals surface area (Å²) in [5.74, 6) is 0. The van der Waals surface area contributed by atoms with Crippen LogP contribution < -0.4 is 0 Å². The van der Waals surface area contributed by atoms with E-state index >= 15 is 0 Å². The molecule has 0 spiro atoms. The Kier molecular flexibility index (Phi) is 26.7. The first-order chi connectivity index (χ1) is 13.0. The fraction of sp³-hybridized carbons (Fsp3) is 1.00. The molecule has 0 fully saturated rings. The summed E-state index contributed by atoms with van der Waals surface area (Å²) in [6.07, 6.45) is 22.8. The number of hydrogen-bond donors (Lipinski definition) is 2. The second-order valence-corrected chi connectivity index (χ2v) is 9.29. The molecular formula is C22H48KO4P. The van der Waals surface area contributed by atoms with Gasteiger partial charge in [-0.1, -0.05) is 123 Å². The second-order valence-electron chi connectivity index (χ2n) is 8.10. The van der Waals surface area contributed by atoms with Crippen molar-refractivity contribution in [2.45, 2.75) is 142 Å². The van der Waals surface area contributed by atoms with Gasteiger partial charge in [-0.05, 0) is 12.8 Å². The van der Waals surface area contributed by atoms with Crippen molar-refractivity contribution in [1.82, 2.24) is 0 Å². The standard InChI is InChI=1S/C22H47O4P.K.H/c1-3-5-7-9-10-11-12-13-14-15-16-17-19-21-22(26-27(23,24)25)20-18-8-6-4-2;;/h22H,3-21H2,1-2H3,(H2,23,24,25);;. The van der Waals surface area contributed by atoms with Gasteiger partial charge in [-0.25, -0.2) is 4.57 Å². The molecule has 1 unspecified atom stereocenters. The molecule has 0 saturated heterocycles. The van der Waals surface area contributed by atoms with Gasteiger partial charge in [-0.2, -0.15) is 0 Å². The zero-order chi connectivity index (χ0) is 20.2. The Labute approximate surface area is 218 Å². The molecule has 0 amide bonds. The first-order valence-corrected chi connectivity index (χ1v) is 13.3. The van der Waals surface area contributed by atoms with E-state index in [1.165, 1.54) is 83.5 Å². The van der Waals surface area contributed by atoms with Gasteiger partial charge in [0, 0.05) is 0 Å². The molecule has 4 nitrogen and oxygen atoms in total. The zero-order valence-electron chi connectivity index (χ0n) is 18.2. The molecule has 0 radical (unpaired) electrons. The molecule has 166 valence electrons. The quantitative estimate of drug-likeness (QED) is 0.110. The van der Waals surface area contributed by atoms with Crippen molar-refractivity contribution in [2.24, 2.45) is 0 Å². The van der Waals surface area contributed by atoms with Crippen molar-refractivity contribution in [3.63, 3.8) is 0 Å². The summed E-state index contributed by atoms with van der Waals surface area (Å²) < 4.78 is 16.1. The third kappa shape index (κ3) is 25.8. The zero-order valence-corrected chi connectivity index (χ0v) is 19.1. The van der Waals surface area contributed by atoms with Crippen LogP contribution in [0.15, 0.2) is 0 Å². The van der Waals surface area contributed by atoms with E-state index in [0.29, 0.717) is 0 Å². The molecule has 0 aromatic heterocycles. The molecule has 0 heterocycles. The van der Waals surface area contributed by atoms with Crippen LogP contribution in [0.4, 0.5) is 0 Å². The van der Waals surface area contributed by atoms with Crippen molar-refractivity contribution < 1.29 is 18.9 Å². The summed E-state index contributed by atoms with van der Waals surface area (Å²) in [7, 11) is -4.36. The summed E-state index contributed by atoms with van der Waals surface area (Å²) in [6.45, 7) is 4.43. The van der Waals surface area contributed by atoms with E-state index in [-0.39, 0.29) is 57.5 Å². The predicted molar refractivity (Wildman–Crippen MR) is 123 cm³/mol. The average Bonchev–Trinajstić information content (AvgIpc) is 2.61. The third-order valence-electron chi connectivity index (χ3n) is 5.30. The van der Waals surface area contributed by atoms with E-state index in [1.807, 2.05) is 0 Å². The minimum absolute atomic E-state index is 0. The Morgan fingerprint density at radius 1 is 0.607 bits per heavy atom. The number of phosphoric ester groups is 1. The van der Waals surface area contributed by atoms with E-state index in [1.54, 1.807) is 0 Å². The molecule has 0 rings (SSSR count). The van der Waals surface area contributed by atoms with Crippen LogP contribution in [0.5, 0.6) is 0 Å². The predicted octanol–water partition coefficient (Wildman–Crippen LogP) is 7.27. The fourth-order valence-electron chi connectivity index (χ4n) is 3.63. The summed E-state index contributed by atoms with van der Waals surface area (Å²) in [5, 5.41) is 0. The van der Waals surface area contributed by atoms with Gasteiger partial charge in [0.15, 0.2) is 0 Å². The van der Waals surface area contributed by atoms with Crippen LogP contribution in [0.1, 0.15) is 136 Å². The van der Waals surface area contributed by atoms with Crippen LogP contribution >= 0.6 is 7.82 Å². The van der Waals surface area contributed by atoms with Gasteiger partial charge in [0.25, 0.3) is 0 Å². The first-order valence-electron chi connectivity index (χ1n) is 11.7. The number of phosphoric acid groups is 1. The maximum atomic E-state index is 11.1. The monoisotopic (exact) mass is 446 g/mol. The van der Waals surface area contributed by atoms with E-state index in [2.05, 4.69) is 13.8 Å². The molecule has 28 heavy (non-hydrogen) atoms. The molecule has 2 N–H and O–H groups in total. The molecule has 0 aromatic rings. The molecule has 0 aromatic carbocycles.